The molecule has 0 spiro atoms. The minimum atomic E-state index is -0.483. The molecular weight excluding hydrogens is 346 g/mol. The Kier molecular flexibility index (Phi) is 9.79. The Morgan fingerprint density at radius 2 is 2.04 bits per heavy atom. The van der Waals surface area contributed by atoms with Crippen LogP contribution in [0.3, 0.4) is 0 Å². The molecule has 0 unspecified atom stereocenters. The molecule has 0 bridgehead atoms. The van der Waals surface area contributed by atoms with Gasteiger partial charge in [0.1, 0.15) is 0 Å². The molecule has 0 aromatic rings. The number of hydrogen-bond donors (Lipinski definition) is 2. The summed E-state index contributed by atoms with van der Waals surface area (Å²) in [6.45, 7) is 5.26. The van der Waals surface area contributed by atoms with Gasteiger partial charge in [0.15, 0.2) is 0 Å². The average molecular weight is 388 g/mol. The molecule has 158 valence electrons. The van der Waals surface area contributed by atoms with Crippen LogP contribution >= 0.6 is 0 Å². The van der Waals surface area contributed by atoms with Crippen LogP contribution in [0.4, 0.5) is 0 Å². The Morgan fingerprint density at radius 3 is 2.75 bits per heavy atom. The molecule has 0 saturated heterocycles. The van der Waals surface area contributed by atoms with Crippen LogP contribution in [0, 0.1) is 35.5 Å². The van der Waals surface area contributed by atoms with Crippen LogP contribution in [0.1, 0.15) is 65.2 Å². The summed E-state index contributed by atoms with van der Waals surface area (Å²) in [4.78, 5) is 2.25. The maximum absolute atomic E-state index is 10.5. The first-order valence-electron chi connectivity index (χ1n) is 11.3. The van der Waals surface area contributed by atoms with E-state index < -0.39 is 6.10 Å². The van der Waals surface area contributed by atoms with Crippen LogP contribution in [0.25, 0.3) is 0 Å². The van der Waals surface area contributed by atoms with E-state index in [1.165, 1.54) is 32.2 Å². The fourth-order valence-corrected chi connectivity index (χ4v) is 4.66. The first kappa shape index (κ1) is 23.2. The molecule has 28 heavy (non-hydrogen) atoms. The Balaban J connectivity index is 1.80. The third-order valence-electron chi connectivity index (χ3n) is 6.39. The van der Waals surface area contributed by atoms with Crippen molar-refractivity contribution in [2.24, 2.45) is 23.7 Å². The van der Waals surface area contributed by atoms with Crippen molar-refractivity contribution in [2.75, 3.05) is 20.6 Å². The number of aliphatic hydroxyl groups excluding tert-OH is 2. The number of unbranched alkanes of at least 4 members (excludes halogenated alkanes) is 2. The third-order valence-corrected chi connectivity index (χ3v) is 6.39. The summed E-state index contributed by atoms with van der Waals surface area (Å²) < 4.78 is 0. The summed E-state index contributed by atoms with van der Waals surface area (Å²) >= 11 is 0. The Hall–Kier alpha value is -1.08. The molecule has 0 aromatic carbocycles. The van der Waals surface area contributed by atoms with Crippen molar-refractivity contribution in [1.29, 1.82) is 0 Å². The van der Waals surface area contributed by atoms with E-state index in [0.717, 1.165) is 25.7 Å². The lowest BCUT2D eigenvalue weighted by molar-refractivity contribution is 0.137. The van der Waals surface area contributed by atoms with Gasteiger partial charge in [0.2, 0.25) is 0 Å². The topological polar surface area (TPSA) is 43.7 Å². The molecule has 2 aliphatic rings. The van der Waals surface area contributed by atoms with Gasteiger partial charge < -0.3 is 15.1 Å². The van der Waals surface area contributed by atoms with E-state index in [0.29, 0.717) is 11.8 Å². The monoisotopic (exact) mass is 387 g/mol. The zero-order chi connectivity index (χ0) is 20.5. The number of fused-ring (bicyclic) bond motifs is 1. The van der Waals surface area contributed by atoms with Crippen LogP contribution in [-0.4, -0.2) is 48.0 Å². The van der Waals surface area contributed by atoms with E-state index in [9.17, 15) is 10.2 Å². The zero-order valence-electron chi connectivity index (χ0n) is 18.4. The van der Waals surface area contributed by atoms with E-state index in [4.69, 9.17) is 0 Å². The highest BCUT2D eigenvalue weighted by Crippen LogP contribution is 2.48. The summed E-state index contributed by atoms with van der Waals surface area (Å²) in [6, 6.07) is 0. The van der Waals surface area contributed by atoms with Gasteiger partial charge in [-0.05, 0) is 70.5 Å². The largest absolute Gasteiger partial charge is 0.392 e. The number of hydrogen-bond acceptors (Lipinski definition) is 3. The van der Waals surface area contributed by atoms with E-state index in [2.05, 4.69) is 43.0 Å². The van der Waals surface area contributed by atoms with E-state index >= 15 is 0 Å². The van der Waals surface area contributed by atoms with Crippen molar-refractivity contribution in [3.63, 3.8) is 0 Å². The van der Waals surface area contributed by atoms with Crippen molar-refractivity contribution in [3.05, 3.63) is 23.8 Å². The average Bonchev–Trinajstić information content (AvgIpc) is 3.15. The van der Waals surface area contributed by atoms with Gasteiger partial charge in [-0.15, -0.1) is 11.8 Å². The third kappa shape index (κ3) is 7.07. The van der Waals surface area contributed by atoms with Gasteiger partial charge in [-0.25, -0.2) is 0 Å². The highest BCUT2D eigenvalue weighted by molar-refractivity contribution is 5.21. The number of rotatable bonds is 10. The van der Waals surface area contributed by atoms with Crippen molar-refractivity contribution in [3.8, 4) is 11.8 Å². The van der Waals surface area contributed by atoms with Crippen molar-refractivity contribution >= 4 is 0 Å². The summed E-state index contributed by atoms with van der Waals surface area (Å²) in [5, 5.41) is 20.9. The summed E-state index contributed by atoms with van der Waals surface area (Å²) in [7, 11) is 4.27. The highest BCUT2D eigenvalue weighted by atomic mass is 16.3. The first-order valence-corrected chi connectivity index (χ1v) is 11.3. The second-order valence-corrected chi connectivity index (χ2v) is 9.12. The maximum Gasteiger partial charge on any atom is 0.0755 e. The van der Waals surface area contributed by atoms with Gasteiger partial charge >= 0.3 is 0 Å². The molecule has 2 rings (SSSR count). The molecule has 3 nitrogen and oxygen atoms in total. The molecule has 1 saturated carbocycles. The molecule has 2 aliphatic carbocycles. The lowest BCUT2D eigenvalue weighted by Gasteiger charge is -2.20. The minimum absolute atomic E-state index is 0.129. The smallest absolute Gasteiger partial charge is 0.0755 e. The molecule has 0 aromatic heterocycles. The van der Waals surface area contributed by atoms with Gasteiger partial charge in [-0.1, -0.05) is 44.1 Å². The van der Waals surface area contributed by atoms with E-state index in [1.54, 1.807) is 5.57 Å². The Morgan fingerprint density at radius 1 is 1.25 bits per heavy atom. The molecule has 6 atom stereocenters. The Bertz CT molecular complexity index is 583. The zero-order valence-corrected chi connectivity index (χ0v) is 18.4. The van der Waals surface area contributed by atoms with Crippen LogP contribution in [0.5, 0.6) is 0 Å². The number of aliphatic hydroxyl groups is 2. The molecule has 1 fully saturated rings. The SMILES string of the molecule is CCC#CC[C@@H](C)[C@H](O)C=C[C@@H]1[C@H]2CC(CCCCCN(C)C)=C[C@H]2C[C@H]1O. The van der Waals surface area contributed by atoms with Crippen molar-refractivity contribution in [2.45, 2.75) is 77.4 Å². The predicted octanol–water partition coefficient (Wildman–Crippen LogP) is 4.41. The highest BCUT2D eigenvalue weighted by Gasteiger charge is 2.43. The lowest BCUT2D eigenvalue weighted by Crippen LogP contribution is -2.19. The van der Waals surface area contributed by atoms with Gasteiger partial charge in [-0.3, -0.25) is 0 Å². The van der Waals surface area contributed by atoms with Gasteiger partial charge in [0.05, 0.1) is 12.2 Å². The molecule has 0 aliphatic heterocycles. The fraction of sp³-hybridized carbons (Fsp3) is 0.760. The number of nitrogens with zero attached hydrogens (tertiary/aromatic N) is 1. The Labute approximate surface area is 172 Å². The summed E-state index contributed by atoms with van der Waals surface area (Å²) in [5.74, 6) is 7.54. The molecule has 0 radical (unpaired) electrons. The summed E-state index contributed by atoms with van der Waals surface area (Å²) in [6.07, 6.45) is 14.3. The van der Waals surface area contributed by atoms with Crippen LogP contribution in [0.2, 0.25) is 0 Å². The van der Waals surface area contributed by atoms with Gasteiger partial charge in [-0.2, -0.15) is 0 Å². The van der Waals surface area contributed by atoms with Gasteiger partial charge in [0.25, 0.3) is 0 Å². The van der Waals surface area contributed by atoms with E-state index in [-0.39, 0.29) is 17.9 Å². The normalized spacial score (nSPS) is 28.9. The van der Waals surface area contributed by atoms with Crippen molar-refractivity contribution in [1.82, 2.24) is 4.90 Å². The second-order valence-electron chi connectivity index (χ2n) is 9.12. The molecule has 0 heterocycles. The first-order chi connectivity index (χ1) is 13.4. The predicted molar refractivity (Wildman–Crippen MR) is 118 cm³/mol. The molecule has 3 heteroatoms. The van der Waals surface area contributed by atoms with Crippen molar-refractivity contribution < 1.29 is 10.2 Å². The van der Waals surface area contributed by atoms with Crippen LogP contribution in [-0.2, 0) is 0 Å². The maximum atomic E-state index is 10.5. The second kappa shape index (κ2) is 11.8. The lowest BCUT2D eigenvalue weighted by atomic mass is 9.88. The van der Waals surface area contributed by atoms with Crippen LogP contribution < -0.4 is 0 Å². The van der Waals surface area contributed by atoms with Gasteiger partial charge in [0, 0.05) is 18.8 Å². The molecule has 0 amide bonds. The minimum Gasteiger partial charge on any atom is -0.392 e. The quantitative estimate of drug-likeness (QED) is 0.331. The van der Waals surface area contributed by atoms with Crippen LogP contribution in [0.15, 0.2) is 23.8 Å². The summed E-state index contributed by atoms with van der Waals surface area (Å²) in [5.41, 5.74) is 1.59. The molecule has 2 N–H and O–H groups in total. The molecular formula is C25H41NO2. The van der Waals surface area contributed by atoms with E-state index in [1.807, 2.05) is 19.9 Å². The standard InChI is InChI=1S/C25H41NO2/c1-5-6-8-11-19(2)24(27)14-13-22-23-17-20(16-21(23)18-25(22)28)12-9-7-10-15-26(3)4/h13-14,16,19,21-25,27-28H,5,7,9-12,15,17-18H2,1-4H3/t19-,21+,22-,23+,24-,25-/m1/s1. The number of allylic oxidation sites excluding steroid dienone is 2. The fourth-order valence-electron chi connectivity index (χ4n) is 4.66.